The molecule has 64 heavy (non-hydrogen) atoms. The topological polar surface area (TPSA) is 44.2 Å². The van der Waals surface area contributed by atoms with Gasteiger partial charge in [-0.1, -0.05) is 85.0 Å². The quantitative estimate of drug-likeness (QED) is 0.0930. The molecule has 6 saturated heterocycles. The predicted octanol–water partition coefficient (Wildman–Crippen LogP) is 5.65. The Labute approximate surface area is 401 Å². The van der Waals surface area contributed by atoms with Gasteiger partial charge in [0.15, 0.2) is 0 Å². The van der Waals surface area contributed by atoms with E-state index in [1.165, 1.54) is 56.6 Å². The summed E-state index contributed by atoms with van der Waals surface area (Å²) < 4.78 is 15.8. The fourth-order valence-electron chi connectivity index (χ4n) is 12.9. The molecule has 6 fully saturated rings. The zero-order valence-corrected chi connectivity index (χ0v) is 40.2. The van der Waals surface area contributed by atoms with Gasteiger partial charge in [-0.25, -0.2) is 0 Å². The van der Waals surface area contributed by atoms with E-state index in [2.05, 4.69) is 136 Å². The third-order valence-electron chi connectivity index (χ3n) is 15.8. The van der Waals surface area contributed by atoms with Crippen LogP contribution in [0.4, 0.5) is 0 Å². The molecule has 6 nitrogen and oxygen atoms in total. The molecule has 2 unspecified atom stereocenters. The predicted molar refractivity (Wildman–Crippen MR) is 253 cm³/mol. The Hall–Kier alpha value is -4.28. The van der Waals surface area contributed by atoms with Crippen molar-refractivity contribution in [2.24, 2.45) is 23.7 Å². The molecule has 0 N–H and O–H groups in total. The number of rotatable bonds is 16. The van der Waals surface area contributed by atoms with E-state index in [1.807, 2.05) is 24.5 Å². The third kappa shape index (κ3) is 8.51. The molecule has 0 radical (unpaired) electrons. The number of piperidine rings is 6. The molecule has 0 saturated carbocycles. The van der Waals surface area contributed by atoms with E-state index in [1.54, 1.807) is 0 Å². The summed E-state index contributed by atoms with van der Waals surface area (Å²) in [5, 5.41) is 4.98. The first-order valence-electron chi connectivity index (χ1n) is 23.1. The highest BCUT2D eigenvalue weighted by atomic mass is 79.9. The minimum absolute atomic E-state index is 0. The van der Waals surface area contributed by atoms with Crippen molar-refractivity contribution in [3.05, 3.63) is 182 Å². The largest absolute Gasteiger partial charge is 1.00 e. The SMILES string of the molecule is C=CCO[C@H](c1ccnc2ccccc12)[C@@H]1C[C@@H]2CC[N+]1(Cc1ccc3ccc(C[N+]45CC[C@@H](C[C@H]4[C@H](OCC=C)c4ccnc6ccccc46)[C@@H](C=C)C5)cc3c1)C[C@@H]2C=C.[Br-].[Br-]. The Kier molecular flexibility index (Phi) is 14.2. The summed E-state index contributed by atoms with van der Waals surface area (Å²) in [6.45, 7) is 24.3. The van der Waals surface area contributed by atoms with Gasteiger partial charge < -0.3 is 52.4 Å². The first-order valence-corrected chi connectivity index (χ1v) is 23.1. The van der Waals surface area contributed by atoms with Crippen molar-refractivity contribution in [2.75, 3.05) is 39.4 Å². The average molecular weight is 983 g/mol. The molecule has 10 atom stereocenters. The average Bonchev–Trinajstić information content (AvgIpc) is 3.32. The Morgan fingerprint density at radius 3 is 1.47 bits per heavy atom. The molecule has 8 heteroatoms. The molecule has 2 aromatic heterocycles. The normalized spacial score (nSPS) is 27.9. The standard InChI is InChI=1S/C56H62N4O2.2BrH/c1-5-29-61-55(49-21-25-57-51-15-11-9-13-47(49)51)53-33-44-23-27-59(53,37-41(44)7-3)35-39-17-19-43-20-18-40(32-46(43)31-39)36-60-28-24-45(42(8-4)38-60)34-54(60)56(62-30-6-2)50-22-26-58-52-16-12-10-14-48(50)52;;/h5-22,25-26,31-32,41-42,44-45,53-56H,1-4,23-24,27-30,33-38H2;2*1H/q+2;;/p-2/t41-,42-,44-,45-,53-,54-,55+,56+,59?,60?;;/m0../s1. The van der Waals surface area contributed by atoms with Crippen molar-refractivity contribution >= 4 is 32.6 Å². The van der Waals surface area contributed by atoms with Gasteiger partial charge in [0.1, 0.15) is 37.4 Å². The van der Waals surface area contributed by atoms with Gasteiger partial charge in [0.25, 0.3) is 0 Å². The summed E-state index contributed by atoms with van der Waals surface area (Å²) in [4.78, 5) is 9.48. The van der Waals surface area contributed by atoms with E-state index in [-0.39, 0.29) is 46.2 Å². The molecule has 332 valence electrons. The third-order valence-corrected chi connectivity index (χ3v) is 15.8. The van der Waals surface area contributed by atoms with Gasteiger partial charge in [0, 0.05) is 71.8 Å². The molecule has 6 aromatic rings. The summed E-state index contributed by atoms with van der Waals surface area (Å²) in [6.07, 6.45) is 16.7. The Bertz CT molecular complexity index is 2460. The summed E-state index contributed by atoms with van der Waals surface area (Å²) in [6, 6.07) is 36.6. The number of quaternary nitrogens is 2. The summed E-state index contributed by atoms with van der Waals surface area (Å²) in [7, 11) is 0. The van der Waals surface area contributed by atoms with Crippen molar-refractivity contribution in [2.45, 2.75) is 63.1 Å². The smallest absolute Gasteiger partial charge is 0.135 e. The number of hydrogen-bond donors (Lipinski definition) is 0. The number of hydrogen-bond acceptors (Lipinski definition) is 4. The van der Waals surface area contributed by atoms with E-state index >= 15 is 0 Å². The Morgan fingerprint density at radius 1 is 0.578 bits per heavy atom. The second-order valence-electron chi connectivity index (χ2n) is 19.0. The lowest BCUT2D eigenvalue weighted by atomic mass is 9.71. The molecule has 12 rings (SSSR count). The van der Waals surface area contributed by atoms with Crippen molar-refractivity contribution in [1.82, 2.24) is 9.97 Å². The maximum Gasteiger partial charge on any atom is 0.135 e. The van der Waals surface area contributed by atoms with E-state index in [0.29, 0.717) is 49.0 Å². The van der Waals surface area contributed by atoms with Gasteiger partial charge >= 0.3 is 0 Å². The lowest BCUT2D eigenvalue weighted by molar-refractivity contribution is -0.985. The second-order valence-corrected chi connectivity index (χ2v) is 19.0. The van der Waals surface area contributed by atoms with Crippen molar-refractivity contribution in [3.8, 4) is 0 Å². The number of nitrogens with zero attached hydrogens (tertiary/aromatic N) is 4. The fourth-order valence-corrected chi connectivity index (χ4v) is 12.9. The van der Waals surface area contributed by atoms with E-state index < -0.39 is 0 Å². The zero-order valence-electron chi connectivity index (χ0n) is 37.0. The van der Waals surface area contributed by atoms with Crippen molar-refractivity contribution < 1.29 is 52.4 Å². The van der Waals surface area contributed by atoms with Gasteiger partial charge in [0.05, 0.1) is 50.4 Å². The van der Waals surface area contributed by atoms with Crippen LogP contribution in [-0.4, -0.2) is 70.4 Å². The second kappa shape index (κ2) is 19.7. The molecule has 0 spiro atoms. The Morgan fingerprint density at radius 2 is 1.03 bits per heavy atom. The van der Waals surface area contributed by atoms with Crippen LogP contribution in [0.1, 0.15) is 60.1 Å². The zero-order chi connectivity index (χ0) is 42.3. The number of aromatic nitrogens is 2. The molecule has 0 amide bonds. The summed E-state index contributed by atoms with van der Waals surface area (Å²) in [5.74, 6) is 2.24. The van der Waals surface area contributed by atoms with Crippen LogP contribution in [-0.2, 0) is 22.6 Å². The van der Waals surface area contributed by atoms with Crippen LogP contribution < -0.4 is 34.0 Å². The van der Waals surface area contributed by atoms with Crippen LogP contribution >= 0.6 is 0 Å². The molecule has 0 aliphatic carbocycles. The number of fused-ring (bicyclic) bond motifs is 9. The molecule has 4 aromatic carbocycles. The molecule has 6 aliphatic heterocycles. The summed E-state index contributed by atoms with van der Waals surface area (Å²) >= 11 is 0. The molecular formula is C56H62Br2N4O2. The minimum Gasteiger partial charge on any atom is -1.00 e. The highest BCUT2D eigenvalue weighted by Gasteiger charge is 2.56. The van der Waals surface area contributed by atoms with E-state index in [4.69, 9.17) is 19.4 Å². The molecule has 4 bridgehead atoms. The highest BCUT2D eigenvalue weighted by molar-refractivity contribution is 5.84. The van der Waals surface area contributed by atoms with Gasteiger partial charge in [-0.15, -0.1) is 26.3 Å². The summed E-state index contributed by atoms with van der Waals surface area (Å²) in [5.41, 5.74) is 7.30. The van der Waals surface area contributed by atoms with E-state index in [0.717, 1.165) is 72.1 Å². The highest BCUT2D eigenvalue weighted by Crippen LogP contribution is 2.51. The van der Waals surface area contributed by atoms with Gasteiger partial charge in [0.2, 0.25) is 0 Å². The molecule has 8 heterocycles. The van der Waals surface area contributed by atoms with Crippen molar-refractivity contribution in [1.29, 1.82) is 0 Å². The van der Waals surface area contributed by atoms with Gasteiger partial charge in [-0.3, -0.25) is 9.97 Å². The maximum atomic E-state index is 6.89. The van der Waals surface area contributed by atoms with Crippen molar-refractivity contribution in [3.63, 3.8) is 0 Å². The van der Waals surface area contributed by atoms with Crippen LogP contribution in [0, 0.1) is 23.7 Å². The van der Waals surface area contributed by atoms with Gasteiger partial charge in [-0.2, -0.15) is 0 Å². The van der Waals surface area contributed by atoms with Crippen LogP contribution in [0.3, 0.4) is 0 Å². The number of ether oxygens (including phenoxy) is 2. The van der Waals surface area contributed by atoms with E-state index in [9.17, 15) is 0 Å². The number of pyridine rings is 2. The molecular weight excluding hydrogens is 920 g/mol. The number of benzene rings is 4. The van der Waals surface area contributed by atoms with Gasteiger partial charge in [-0.05, 0) is 70.1 Å². The molecule has 6 aliphatic rings. The first kappa shape index (κ1) is 46.3. The number of halogens is 2. The van der Waals surface area contributed by atoms with Crippen LogP contribution in [0.25, 0.3) is 32.6 Å². The minimum atomic E-state index is -0.0686. The Balaban J connectivity index is 0.00000280. The van der Waals surface area contributed by atoms with Crippen LogP contribution in [0.2, 0.25) is 0 Å². The first-order chi connectivity index (χ1) is 30.4. The van der Waals surface area contributed by atoms with Crippen LogP contribution in [0.5, 0.6) is 0 Å². The lowest BCUT2D eigenvalue weighted by Gasteiger charge is -2.58. The lowest BCUT2D eigenvalue weighted by Crippen LogP contribution is -3.00. The maximum absolute atomic E-state index is 6.89. The van der Waals surface area contributed by atoms with Crippen LogP contribution in [0.15, 0.2) is 160 Å². The number of para-hydroxylation sites is 2. The monoisotopic (exact) mass is 980 g/mol. The fraction of sp³-hybridized carbons (Fsp3) is 0.357.